The molecule has 3 heteroatoms. The standard InChI is InChI=1S/C14H23NO2/c1-6-14(10-8-7-9-11-14)15(5)12(16)17-13(2,3)4/h1H,7-11H2,2-5H3. The van der Waals surface area contributed by atoms with E-state index in [1.807, 2.05) is 20.8 Å². The Morgan fingerprint density at radius 3 is 2.24 bits per heavy atom. The van der Waals surface area contributed by atoms with Crippen molar-refractivity contribution < 1.29 is 9.53 Å². The van der Waals surface area contributed by atoms with Crippen molar-refractivity contribution in [2.75, 3.05) is 7.05 Å². The number of hydrogen-bond acceptors (Lipinski definition) is 2. The van der Waals surface area contributed by atoms with Gasteiger partial charge < -0.3 is 4.74 Å². The molecule has 0 aromatic carbocycles. The van der Waals surface area contributed by atoms with Crippen LogP contribution in [-0.2, 0) is 4.74 Å². The Kier molecular flexibility index (Phi) is 4.08. The molecule has 1 saturated carbocycles. The first-order valence-electron chi connectivity index (χ1n) is 6.25. The van der Waals surface area contributed by atoms with Crippen LogP contribution in [0.1, 0.15) is 52.9 Å². The van der Waals surface area contributed by atoms with E-state index >= 15 is 0 Å². The molecule has 0 radical (unpaired) electrons. The average molecular weight is 237 g/mol. The minimum Gasteiger partial charge on any atom is -0.444 e. The zero-order valence-electron chi connectivity index (χ0n) is 11.4. The first kappa shape index (κ1) is 13.9. The third-order valence-electron chi connectivity index (χ3n) is 3.26. The zero-order valence-corrected chi connectivity index (χ0v) is 11.4. The molecular formula is C14H23NO2. The van der Waals surface area contributed by atoms with Crippen molar-refractivity contribution in [1.82, 2.24) is 4.90 Å². The number of carbonyl (C=O) groups is 1. The summed E-state index contributed by atoms with van der Waals surface area (Å²) >= 11 is 0. The van der Waals surface area contributed by atoms with Gasteiger partial charge in [0.1, 0.15) is 11.1 Å². The molecule has 0 atom stereocenters. The minimum absolute atomic E-state index is 0.322. The topological polar surface area (TPSA) is 29.5 Å². The molecule has 3 nitrogen and oxygen atoms in total. The van der Waals surface area contributed by atoms with Crippen molar-refractivity contribution in [2.45, 2.75) is 64.0 Å². The monoisotopic (exact) mass is 237 g/mol. The van der Waals surface area contributed by atoms with Crippen molar-refractivity contribution >= 4 is 6.09 Å². The van der Waals surface area contributed by atoms with Crippen LogP contribution in [0.15, 0.2) is 0 Å². The number of amides is 1. The Bertz CT molecular complexity index is 316. The Labute approximate surface area is 105 Å². The van der Waals surface area contributed by atoms with Crippen molar-refractivity contribution in [3.8, 4) is 12.3 Å². The molecule has 0 N–H and O–H groups in total. The first-order chi connectivity index (χ1) is 7.81. The van der Waals surface area contributed by atoms with Crippen molar-refractivity contribution in [1.29, 1.82) is 0 Å². The smallest absolute Gasteiger partial charge is 0.411 e. The summed E-state index contributed by atoms with van der Waals surface area (Å²) < 4.78 is 5.37. The van der Waals surface area contributed by atoms with Crippen LogP contribution in [-0.4, -0.2) is 29.2 Å². The predicted octanol–water partition coefficient (Wildman–Crippen LogP) is 3.19. The molecule has 0 saturated heterocycles. The lowest BCUT2D eigenvalue weighted by Gasteiger charge is -2.40. The summed E-state index contributed by atoms with van der Waals surface area (Å²) in [6.07, 6.45) is 10.4. The SMILES string of the molecule is C#CC1(N(C)C(=O)OC(C)(C)C)CCCCC1. The summed E-state index contributed by atoms with van der Waals surface area (Å²) in [5.74, 6) is 2.81. The zero-order chi connectivity index (χ0) is 13.1. The maximum Gasteiger partial charge on any atom is 0.411 e. The van der Waals surface area contributed by atoms with E-state index in [1.54, 1.807) is 11.9 Å². The van der Waals surface area contributed by atoms with Gasteiger partial charge >= 0.3 is 6.09 Å². The van der Waals surface area contributed by atoms with Gasteiger partial charge in [0, 0.05) is 7.05 Å². The van der Waals surface area contributed by atoms with Gasteiger partial charge in [-0.1, -0.05) is 25.2 Å². The molecule has 1 amide bonds. The van der Waals surface area contributed by atoms with Gasteiger partial charge in [-0.25, -0.2) is 4.79 Å². The van der Waals surface area contributed by atoms with Crippen LogP contribution in [0.25, 0.3) is 0 Å². The molecular weight excluding hydrogens is 214 g/mol. The predicted molar refractivity (Wildman–Crippen MR) is 68.6 cm³/mol. The van der Waals surface area contributed by atoms with Gasteiger partial charge in [-0.15, -0.1) is 6.42 Å². The Balaban J connectivity index is 2.76. The molecule has 0 aromatic rings. The first-order valence-corrected chi connectivity index (χ1v) is 6.25. The fourth-order valence-corrected chi connectivity index (χ4v) is 2.22. The Morgan fingerprint density at radius 2 is 1.82 bits per heavy atom. The van der Waals surface area contributed by atoms with E-state index in [1.165, 1.54) is 6.42 Å². The lowest BCUT2D eigenvalue weighted by atomic mass is 9.81. The third-order valence-corrected chi connectivity index (χ3v) is 3.26. The number of ether oxygens (including phenoxy) is 1. The largest absolute Gasteiger partial charge is 0.444 e. The lowest BCUT2D eigenvalue weighted by Crippen LogP contribution is -2.51. The maximum absolute atomic E-state index is 12.0. The van der Waals surface area contributed by atoms with E-state index in [9.17, 15) is 4.79 Å². The van der Waals surface area contributed by atoms with Crippen LogP contribution in [0, 0.1) is 12.3 Å². The maximum atomic E-state index is 12.0. The van der Waals surface area contributed by atoms with Crippen LogP contribution in [0.2, 0.25) is 0 Å². The molecule has 1 fully saturated rings. The highest BCUT2D eigenvalue weighted by molar-refractivity contribution is 5.69. The number of carbonyl (C=O) groups excluding carboxylic acids is 1. The second kappa shape index (κ2) is 5.00. The van der Waals surface area contributed by atoms with Gasteiger partial charge in [-0.2, -0.15) is 0 Å². The minimum atomic E-state index is -0.476. The number of terminal acetylenes is 1. The van der Waals surface area contributed by atoms with E-state index < -0.39 is 11.1 Å². The van der Waals surface area contributed by atoms with E-state index in [-0.39, 0.29) is 6.09 Å². The number of rotatable bonds is 1. The van der Waals surface area contributed by atoms with E-state index in [4.69, 9.17) is 11.2 Å². The number of nitrogens with zero attached hydrogens (tertiary/aromatic N) is 1. The van der Waals surface area contributed by atoms with Gasteiger partial charge in [0.05, 0.1) is 0 Å². The molecule has 17 heavy (non-hydrogen) atoms. The van der Waals surface area contributed by atoms with Crippen molar-refractivity contribution in [3.63, 3.8) is 0 Å². The second-order valence-electron chi connectivity index (χ2n) is 5.78. The molecule has 1 aliphatic carbocycles. The lowest BCUT2D eigenvalue weighted by molar-refractivity contribution is 0.00879. The van der Waals surface area contributed by atoms with Gasteiger partial charge in [-0.3, -0.25) is 4.90 Å². The van der Waals surface area contributed by atoms with Gasteiger partial charge in [0.25, 0.3) is 0 Å². The Hall–Kier alpha value is -1.17. The van der Waals surface area contributed by atoms with Crippen molar-refractivity contribution in [3.05, 3.63) is 0 Å². The average Bonchev–Trinajstić information content (AvgIpc) is 2.26. The Morgan fingerprint density at radius 1 is 1.29 bits per heavy atom. The molecule has 0 spiro atoms. The van der Waals surface area contributed by atoms with E-state index in [0.717, 1.165) is 25.7 Å². The summed E-state index contributed by atoms with van der Waals surface area (Å²) in [6.45, 7) is 5.59. The second-order valence-corrected chi connectivity index (χ2v) is 5.78. The van der Waals surface area contributed by atoms with Gasteiger partial charge in [0.2, 0.25) is 0 Å². The summed E-state index contributed by atoms with van der Waals surface area (Å²) in [7, 11) is 1.75. The quantitative estimate of drug-likeness (QED) is 0.655. The number of hydrogen-bond donors (Lipinski definition) is 0. The fourth-order valence-electron chi connectivity index (χ4n) is 2.22. The summed E-state index contributed by atoms with van der Waals surface area (Å²) in [5, 5.41) is 0. The molecule has 0 aromatic heterocycles. The van der Waals surface area contributed by atoms with E-state index in [2.05, 4.69) is 5.92 Å². The van der Waals surface area contributed by atoms with Crippen LogP contribution in [0.5, 0.6) is 0 Å². The summed E-state index contributed by atoms with van der Waals surface area (Å²) in [4.78, 5) is 13.6. The van der Waals surface area contributed by atoms with Crippen molar-refractivity contribution in [2.24, 2.45) is 0 Å². The van der Waals surface area contributed by atoms with Crippen LogP contribution in [0.3, 0.4) is 0 Å². The van der Waals surface area contributed by atoms with Crippen LogP contribution < -0.4 is 0 Å². The third kappa shape index (κ3) is 3.39. The highest BCUT2D eigenvalue weighted by Crippen LogP contribution is 2.33. The van der Waals surface area contributed by atoms with Crippen LogP contribution >= 0.6 is 0 Å². The normalized spacial score (nSPS) is 19.2. The highest BCUT2D eigenvalue weighted by atomic mass is 16.6. The molecule has 0 aliphatic heterocycles. The van der Waals surface area contributed by atoms with E-state index in [0.29, 0.717) is 0 Å². The molecule has 0 bridgehead atoms. The molecule has 1 rings (SSSR count). The molecule has 96 valence electrons. The van der Waals surface area contributed by atoms with Gasteiger partial charge in [0.15, 0.2) is 0 Å². The summed E-state index contributed by atoms with van der Waals surface area (Å²) in [6, 6.07) is 0. The highest BCUT2D eigenvalue weighted by Gasteiger charge is 2.38. The van der Waals surface area contributed by atoms with Gasteiger partial charge in [-0.05, 0) is 33.6 Å². The molecule has 0 unspecified atom stereocenters. The molecule has 1 aliphatic rings. The fraction of sp³-hybridized carbons (Fsp3) is 0.786. The molecule has 0 heterocycles. The van der Waals surface area contributed by atoms with Crippen LogP contribution in [0.4, 0.5) is 4.79 Å². The summed E-state index contributed by atoms with van der Waals surface area (Å²) in [5.41, 5.74) is -0.920.